The first-order chi connectivity index (χ1) is 16.3. The van der Waals surface area contributed by atoms with Gasteiger partial charge in [-0.15, -0.1) is 0 Å². The first kappa shape index (κ1) is 14.3. The SMILES string of the molecule is [2H]C(C)(C)c1cc(C)nc2oc3c(-c4cc(C([2H])(C)C([2H])([2H])[2H])c(C)cn4)ccc(C([2H])(C)C)c3c12. The molecule has 0 aliphatic carbocycles. The average molecular weight is 407 g/mol. The first-order valence-corrected chi connectivity index (χ1v) is 10.2. The first-order valence-electron chi connectivity index (χ1n) is 13.2. The van der Waals surface area contributed by atoms with E-state index in [-0.39, 0.29) is 0 Å². The number of aromatic nitrogens is 2. The largest absolute Gasteiger partial charge is 0.437 e. The van der Waals surface area contributed by atoms with E-state index in [0.717, 1.165) is 16.8 Å². The third kappa shape index (κ3) is 3.30. The van der Waals surface area contributed by atoms with Crippen molar-refractivity contribution in [1.82, 2.24) is 9.97 Å². The number of hydrogen-bond acceptors (Lipinski definition) is 3. The molecule has 0 amide bonds. The Morgan fingerprint density at radius 3 is 2.30 bits per heavy atom. The van der Waals surface area contributed by atoms with E-state index >= 15 is 0 Å². The third-order valence-corrected chi connectivity index (χ3v) is 5.58. The standard InChI is InChI=1S/C27H32N2O/c1-14(2)19-9-10-20(23-12-21(15(3)4)17(7)13-28-23)26-24(19)25-22(16(5)6)11-18(8)29-27(25)30-26/h9-16H,1-8H3/i3D3,14D,15D,16D. The van der Waals surface area contributed by atoms with Gasteiger partial charge in [-0.25, -0.2) is 4.98 Å². The van der Waals surface area contributed by atoms with Crippen LogP contribution in [0.15, 0.2) is 34.9 Å². The van der Waals surface area contributed by atoms with Gasteiger partial charge in [0.2, 0.25) is 5.71 Å². The van der Waals surface area contributed by atoms with Crippen LogP contribution in [0.2, 0.25) is 0 Å². The molecule has 4 aromatic rings. The Kier molecular flexibility index (Phi) is 3.60. The Hall–Kier alpha value is -2.68. The van der Waals surface area contributed by atoms with Crippen LogP contribution in [0.3, 0.4) is 0 Å². The van der Waals surface area contributed by atoms with Crippen molar-refractivity contribution in [3.63, 3.8) is 0 Å². The summed E-state index contributed by atoms with van der Waals surface area (Å²) < 4.78 is 56.3. The summed E-state index contributed by atoms with van der Waals surface area (Å²) in [5, 5.41) is 1.41. The van der Waals surface area contributed by atoms with Gasteiger partial charge in [-0.2, -0.15) is 0 Å². The van der Waals surface area contributed by atoms with E-state index in [1.807, 2.05) is 39.0 Å². The number of benzene rings is 1. The number of nitrogens with zero attached hydrogens (tertiary/aromatic N) is 2. The number of aryl methyl sites for hydroxylation is 2. The molecule has 3 aromatic heterocycles. The van der Waals surface area contributed by atoms with Crippen LogP contribution in [0, 0.1) is 13.8 Å². The Morgan fingerprint density at radius 2 is 1.63 bits per heavy atom. The molecular formula is C27H32N2O. The second kappa shape index (κ2) is 7.54. The van der Waals surface area contributed by atoms with E-state index in [1.165, 1.54) is 6.92 Å². The molecule has 0 saturated heterocycles. The van der Waals surface area contributed by atoms with Crippen molar-refractivity contribution in [2.45, 2.75) is 73.0 Å². The van der Waals surface area contributed by atoms with Crippen LogP contribution < -0.4 is 0 Å². The highest BCUT2D eigenvalue weighted by Crippen LogP contribution is 2.42. The highest BCUT2D eigenvalue weighted by atomic mass is 16.3. The summed E-state index contributed by atoms with van der Waals surface area (Å²) in [7, 11) is 0. The average Bonchev–Trinajstić information content (AvgIpc) is 3.09. The van der Waals surface area contributed by atoms with Crippen molar-refractivity contribution in [3.8, 4) is 11.3 Å². The summed E-state index contributed by atoms with van der Waals surface area (Å²) in [6, 6.07) is 7.23. The summed E-state index contributed by atoms with van der Waals surface area (Å²) in [6.45, 7) is 9.71. The molecule has 3 heteroatoms. The Bertz CT molecular complexity index is 1490. The highest BCUT2D eigenvalue weighted by molar-refractivity contribution is 6.12. The number of hydrogen-bond donors (Lipinski definition) is 0. The van der Waals surface area contributed by atoms with E-state index in [9.17, 15) is 0 Å². The molecule has 0 bridgehead atoms. The molecule has 1 atom stereocenters. The van der Waals surface area contributed by atoms with Gasteiger partial charge in [-0.1, -0.05) is 47.5 Å². The monoisotopic (exact) mass is 406 g/mol. The lowest BCUT2D eigenvalue weighted by molar-refractivity contribution is 0.652. The van der Waals surface area contributed by atoms with Crippen molar-refractivity contribution in [2.75, 3.05) is 0 Å². The quantitative estimate of drug-likeness (QED) is 0.344. The van der Waals surface area contributed by atoms with Gasteiger partial charge in [0.15, 0.2) is 0 Å². The number of furan rings is 1. The molecule has 0 spiro atoms. The molecule has 3 nitrogen and oxygen atoms in total. The van der Waals surface area contributed by atoms with Gasteiger partial charge in [-0.3, -0.25) is 4.98 Å². The van der Waals surface area contributed by atoms with Crippen molar-refractivity contribution >= 4 is 22.1 Å². The zero-order valence-electron chi connectivity index (χ0n) is 24.7. The molecule has 0 saturated carbocycles. The van der Waals surface area contributed by atoms with Crippen molar-refractivity contribution in [1.29, 1.82) is 0 Å². The maximum atomic E-state index is 8.81. The van der Waals surface area contributed by atoms with Gasteiger partial charge in [0, 0.05) is 31.1 Å². The highest BCUT2D eigenvalue weighted by Gasteiger charge is 2.22. The number of pyridine rings is 2. The minimum atomic E-state index is -2.53. The summed E-state index contributed by atoms with van der Waals surface area (Å²) in [6.07, 6.45) is 1.58. The van der Waals surface area contributed by atoms with Crippen LogP contribution in [0.25, 0.3) is 33.3 Å². The van der Waals surface area contributed by atoms with Crippen molar-refractivity contribution in [3.05, 3.63) is 58.4 Å². The summed E-state index contributed by atoms with van der Waals surface area (Å²) in [4.78, 5) is 9.19. The number of rotatable bonds is 4. The molecule has 0 radical (unpaired) electrons. The predicted molar refractivity (Wildman–Crippen MR) is 126 cm³/mol. The predicted octanol–water partition coefficient (Wildman–Crippen LogP) is 8.03. The summed E-state index contributed by atoms with van der Waals surface area (Å²) in [5.41, 5.74) is 5.15. The van der Waals surface area contributed by atoms with Crippen LogP contribution in [0.1, 0.15) is 95.3 Å². The van der Waals surface area contributed by atoms with Gasteiger partial charge >= 0.3 is 0 Å². The molecule has 156 valence electrons. The molecule has 4 rings (SSSR count). The second-order valence-corrected chi connectivity index (χ2v) is 8.47. The molecule has 1 aromatic carbocycles. The third-order valence-electron chi connectivity index (χ3n) is 5.58. The van der Waals surface area contributed by atoms with Gasteiger partial charge in [0.25, 0.3) is 0 Å². The van der Waals surface area contributed by atoms with E-state index in [1.54, 1.807) is 33.0 Å². The van der Waals surface area contributed by atoms with Crippen LogP contribution in [0.5, 0.6) is 0 Å². The minimum Gasteiger partial charge on any atom is -0.437 e. The zero-order chi connectivity index (χ0) is 27.0. The van der Waals surface area contributed by atoms with Crippen LogP contribution >= 0.6 is 0 Å². The fourth-order valence-corrected chi connectivity index (χ4v) is 4.08. The topological polar surface area (TPSA) is 38.9 Å². The van der Waals surface area contributed by atoms with Crippen molar-refractivity contribution in [2.24, 2.45) is 0 Å². The molecule has 0 fully saturated rings. The minimum absolute atomic E-state index is 0.364. The summed E-state index contributed by atoms with van der Waals surface area (Å²) >= 11 is 0. The molecule has 1 unspecified atom stereocenters. The molecular weight excluding hydrogens is 368 g/mol. The van der Waals surface area contributed by atoms with Gasteiger partial charge < -0.3 is 4.42 Å². The second-order valence-electron chi connectivity index (χ2n) is 8.47. The zero-order valence-corrected chi connectivity index (χ0v) is 18.7. The lowest BCUT2D eigenvalue weighted by Crippen LogP contribution is -1.97. The fourth-order valence-electron chi connectivity index (χ4n) is 4.08. The van der Waals surface area contributed by atoms with Crippen LogP contribution in [-0.4, -0.2) is 9.97 Å². The normalized spacial score (nSPS) is 18.2. The van der Waals surface area contributed by atoms with Gasteiger partial charge in [0.1, 0.15) is 5.58 Å². The maximum Gasteiger partial charge on any atom is 0.227 e. The van der Waals surface area contributed by atoms with Gasteiger partial charge in [-0.05, 0) is 72.0 Å². The Labute approximate surface area is 188 Å². The summed E-state index contributed by atoms with van der Waals surface area (Å²) in [5.74, 6) is -3.73. The van der Waals surface area contributed by atoms with E-state index < -0.39 is 24.5 Å². The van der Waals surface area contributed by atoms with Crippen molar-refractivity contribution < 1.29 is 12.6 Å². The molecule has 0 N–H and O–H groups in total. The van der Waals surface area contributed by atoms with E-state index in [4.69, 9.17) is 12.6 Å². The fraction of sp³-hybridized carbons (Fsp3) is 0.407. The number of fused-ring (bicyclic) bond motifs is 3. The molecule has 30 heavy (non-hydrogen) atoms. The van der Waals surface area contributed by atoms with E-state index in [0.29, 0.717) is 44.5 Å². The smallest absolute Gasteiger partial charge is 0.227 e. The van der Waals surface area contributed by atoms with E-state index in [2.05, 4.69) is 9.97 Å². The molecule has 0 aliphatic heterocycles. The maximum absolute atomic E-state index is 8.81. The Morgan fingerprint density at radius 1 is 0.900 bits per heavy atom. The van der Waals surface area contributed by atoms with Gasteiger partial charge in [0.05, 0.1) is 11.1 Å². The van der Waals surface area contributed by atoms with Crippen LogP contribution in [0.4, 0.5) is 0 Å². The molecule has 0 aliphatic rings. The molecule has 3 heterocycles. The van der Waals surface area contributed by atoms with Crippen LogP contribution in [-0.2, 0) is 0 Å². The lowest BCUT2D eigenvalue weighted by atomic mass is 9.90. The Balaban J connectivity index is 2.14. The lowest BCUT2D eigenvalue weighted by Gasteiger charge is -2.14.